The maximum atomic E-state index is 13.0. The Morgan fingerprint density at radius 1 is 0.962 bits per heavy atom. The molecule has 0 radical (unpaired) electrons. The highest BCUT2D eigenvalue weighted by Crippen LogP contribution is 2.26. The monoisotopic (exact) mass is 352 g/mol. The van der Waals surface area contributed by atoms with E-state index in [-0.39, 0.29) is 11.7 Å². The first-order valence-corrected chi connectivity index (χ1v) is 9.53. The number of hydrogen-bond acceptors (Lipinski definition) is 2. The van der Waals surface area contributed by atoms with Gasteiger partial charge >= 0.3 is 0 Å². The lowest BCUT2D eigenvalue weighted by Crippen LogP contribution is -2.63. The average Bonchev–Trinajstić information content (AvgIpc) is 2.63. The number of piperidine rings is 1. The zero-order valence-corrected chi connectivity index (χ0v) is 15.2. The fourth-order valence-electron chi connectivity index (χ4n) is 4.12. The van der Waals surface area contributed by atoms with Gasteiger partial charge in [0.15, 0.2) is 0 Å². The van der Waals surface area contributed by atoms with Gasteiger partial charge in [-0.05, 0) is 61.7 Å². The van der Waals surface area contributed by atoms with E-state index in [0.717, 1.165) is 29.8 Å². The van der Waals surface area contributed by atoms with Crippen molar-refractivity contribution in [1.29, 1.82) is 0 Å². The minimum absolute atomic E-state index is 0.108. The highest BCUT2D eigenvalue weighted by atomic mass is 19.1. The number of hydrogen-bond donors (Lipinski definition) is 0. The van der Waals surface area contributed by atoms with E-state index < -0.39 is 0 Å². The molecule has 26 heavy (non-hydrogen) atoms. The van der Waals surface area contributed by atoms with Gasteiger partial charge in [0.05, 0.1) is 0 Å². The van der Waals surface area contributed by atoms with Gasteiger partial charge in [0.25, 0.3) is 5.91 Å². The summed E-state index contributed by atoms with van der Waals surface area (Å²) >= 11 is 0. The SMILES string of the molecule is C[C@H]1CCCCN1C1CN(C(=O)c2ccc(-c3ccc(F)cc3)cc2)C1. The lowest BCUT2D eigenvalue weighted by atomic mass is 9.96. The van der Waals surface area contributed by atoms with Crippen LogP contribution < -0.4 is 0 Å². The van der Waals surface area contributed by atoms with Crippen LogP contribution >= 0.6 is 0 Å². The van der Waals surface area contributed by atoms with Crippen LogP contribution in [0.15, 0.2) is 48.5 Å². The molecule has 0 aromatic heterocycles. The van der Waals surface area contributed by atoms with Crippen molar-refractivity contribution in [2.24, 2.45) is 0 Å². The molecule has 136 valence electrons. The maximum Gasteiger partial charge on any atom is 0.253 e. The first-order valence-electron chi connectivity index (χ1n) is 9.53. The van der Waals surface area contributed by atoms with Gasteiger partial charge in [-0.2, -0.15) is 0 Å². The summed E-state index contributed by atoms with van der Waals surface area (Å²) in [5, 5.41) is 0. The van der Waals surface area contributed by atoms with Gasteiger partial charge in [0.1, 0.15) is 5.82 Å². The molecule has 4 heteroatoms. The molecule has 2 aromatic rings. The van der Waals surface area contributed by atoms with Crippen molar-refractivity contribution in [3.63, 3.8) is 0 Å². The Kier molecular flexibility index (Phi) is 4.77. The van der Waals surface area contributed by atoms with Crippen molar-refractivity contribution in [1.82, 2.24) is 9.80 Å². The normalized spacial score (nSPS) is 21.5. The van der Waals surface area contributed by atoms with Gasteiger partial charge in [-0.15, -0.1) is 0 Å². The van der Waals surface area contributed by atoms with Gasteiger partial charge in [0.2, 0.25) is 0 Å². The molecule has 2 aliphatic rings. The van der Waals surface area contributed by atoms with Crippen LogP contribution in [-0.4, -0.2) is 47.4 Å². The fraction of sp³-hybridized carbons (Fsp3) is 0.409. The van der Waals surface area contributed by atoms with Crippen LogP contribution in [0.4, 0.5) is 4.39 Å². The van der Waals surface area contributed by atoms with E-state index in [1.165, 1.54) is 37.9 Å². The van der Waals surface area contributed by atoms with E-state index in [1.807, 2.05) is 29.2 Å². The summed E-state index contributed by atoms with van der Waals surface area (Å²) in [6.07, 6.45) is 3.88. The van der Waals surface area contributed by atoms with E-state index in [0.29, 0.717) is 12.1 Å². The molecule has 0 saturated carbocycles. The molecule has 2 fully saturated rings. The third kappa shape index (κ3) is 3.38. The van der Waals surface area contributed by atoms with Crippen molar-refractivity contribution in [2.45, 2.75) is 38.3 Å². The number of likely N-dealkylation sites (tertiary alicyclic amines) is 2. The smallest absolute Gasteiger partial charge is 0.253 e. The zero-order valence-electron chi connectivity index (χ0n) is 15.2. The highest BCUT2D eigenvalue weighted by Gasteiger charge is 2.37. The number of amides is 1. The third-order valence-corrected chi connectivity index (χ3v) is 5.78. The highest BCUT2D eigenvalue weighted by molar-refractivity contribution is 5.95. The maximum absolute atomic E-state index is 13.0. The molecule has 2 saturated heterocycles. The fourth-order valence-corrected chi connectivity index (χ4v) is 4.12. The Hall–Kier alpha value is -2.20. The molecular formula is C22H25FN2O. The van der Waals surface area contributed by atoms with Gasteiger partial charge in [0, 0.05) is 30.7 Å². The molecule has 0 aliphatic carbocycles. The Bertz CT molecular complexity index is 766. The minimum atomic E-state index is -0.240. The molecule has 0 spiro atoms. The Morgan fingerprint density at radius 2 is 1.58 bits per heavy atom. The molecule has 3 nitrogen and oxygen atoms in total. The predicted molar refractivity (Wildman–Crippen MR) is 102 cm³/mol. The van der Waals surface area contributed by atoms with Gasteiger partial charge in [-0.3, -0.25) is 9.69 Å². The lowest BCUT2D eigenvalue weighted by Gasteiger charge is -2.49. The Labute approximate surface area is 154 Å². The summed E-state index contributed by atoms with van der Waals surface area (Å²) < 4.78 is 13.0. The van der Waals surface area contributed by atoms with Crippen LogP contribution in [0.25, 0.3) is 11.1 Å². The Morgan fingerprint density at radius 3 is 2.19 bits per heavy atom. The number of carbonyl (C=O) groups excluding carboxylic acids is 1. The van der Waals surface area contributed by atoms with E-state index in [2.05, 4.69) is 11.8 Å². The van der Waals surface area contributed by atoms with Crippen LogP contribution in [0.3, 0.4) is 0 Å². The molecule has 0 unspecified atom stereocenters. The zero-order chi connectivity index (χ0) is 18.1. The molecule has 2 aliphatic heterocycles. The van der Waals surface area contributed by atoms with Crippen LogP contribution in [0.5, 0.6) is 0 Å². The summed E-state index contributed by atoms with van der Waals surface area (Å²) in [4.78, 5) is 17.2. The van der Waals surface area contributed by atoms with Crippen molar-refractivity contribution < 1.29 is 9.18 Å². The molecule has 1 atom stereocenters. The summed E-state index contributed by atoms with van der Waals surface area (Å²) in [6, 6.07) is 15.2. The van der Waals surface area contributed by atoms with E-state index >= 15 is 0 Å². The standard InChI is InChI=1S/C22H25FN2O/c1-16-4-2-3-13-25(16)21-14-24(15-21)22(26)19-7-5-17(6-8-19)18-9-11-20(23)12-10-18/h5-12,16,21H,2-4,13-15H2,1H3/t16-/m0/s1. The van der Waals surface area contributed by atoms with E-state index in [1.54, 1.807) is 12.1 Å². The van der Waals surface area contributed by atoms with E-state index in [4.69, 9.17) is 0 Å². The van der Waals surface area contributed by atoms with Crippen molar-refractivity contribution in [3.8, 4) is 11.1 Å². The summed E-state index contributed by atoms with van der Waals surface area (Å²) in [5.74, 6) is -0.132. The largest absolute Gasteiger partial charge is 0.335 e. The second-order valence-corrected chi connectivity index (χ2v) is 7.53. The number of rotatable bonds is 3. The molecule has 0 N–H and O–H groups in total. The molecule has 2 aromatic carbocycles. The van der Waals surface area contributed by atoms with Gasteiger partial charge < -0.3 is 4.90 Å². The average molecular weight is 352 g/mol. The summed E-state index contributed by atoms with van der Waals surface area (Å²) in [7, 11) is 0. The minimum Gasteiger partial charge on any atom is -0.335 e. The molecule has 2 heterocycles. The number of benzene rings is 2. The molecule has 1 amide bonds. The molecule has 4 rings (SSSR count). The van der Waals surface area contributed by atoms with Crippen LogP contribution in [-0.2, 0) is 0 Å². The first kappa shape index (κ1) is 17.2. The summed E-state index contributed by atoms with van der Waals surface area (Å²) in [6.45, 7) is 5.14. The van der Waals surface area contributed by atoms with Gasteiger partial charge in [-0.25, -0.2) is 4.39 Å². The van der Waals surface area contributed by atoms with Crippen LogP contribution in [0, 0.1) is 5.82 Å². The molecular weight excluding hydrogens is 327 g/mol. The van der Waals surface area contributed by atoms with Crippen molar-refractivity contribution in [2.75, 3.05) is 19.6 Å². The van der Waals surface area contributed by atoms with Gasteiger partial charge in [-0.1, -0.05) is 30.7 Å². The van der Waals surface area contributed by atoms with Crippen LogP contribution in [0.2, 0.25) is 0 Å². The summed E-state index contributed by atoms with van der Waals surface area (Å²) in [5.41, 5.74) is 2.67. The number of halogens is 1. The quantitative estimate of drug-likeness (QED) is 0.827. The van der Waals surface area contributed by atoms with Crippen molar-refractivity contribution in [3.05, 3.63) is 59.9 Å². The molecule has 0 bridgehead atoms. The number of nitrogens with zero attached hydrogens (tertiary/aromatic N) is 2. The number of carbonyl (C=O) groups is 1. The topological polar surface area (TPSA) is 23.6 Å². The van der Waals surface area contributed by atoms with Crippen molar-refractivity contribution >= 4 is 5.91 Å². The first-order chi connectivity index (χ1) is 12.6. The second kappa shape index (κ2) is 7.20. The Balaban J connectivity index is 1.38. The second-order valence-electron chi connectivity index (χ2n) is 7.53. The van der Waals surface area contributed by atoms with Crippen LogP contribution in [0.1, 0.15) is 36.5 Å². The third-order valence-electron chi connectivity index (χ3n) is 5.78. The van der Waals surface area contributed by atoms with E-state index in [9.17, 15) is 9.18 Å². The lowest BCUT2D eigenvalue weighted by molar-refractivity contribution is 0.00213. The predicted octanol–water partition coefficient (Wildman–Crippen LogP) is 4.19.